The lowest BCUT2D eigenvalue weighted by atomic mass is 9.88. The smallest absolute Gasteiger partial charge is 0.123 e. The van der Waals surface area contributed by atoms with E-state index in [-0.39, 0.29) is 0 Å². The van der Waals surface area contributed by atoms with E-state index in [2.05, 4.69) is 30.9 Å². The minimum absolute atomic E-state index is 0.625. The van der Waals surface area contributed by atoms with Crippen LogP contribution in [0.2, 0.25) is 0 Å². The van der Waals surface area contributed by atoms with Crippen LogP contribution in [0.15, 0.2) is 36.4 Å². The summed E-state index contributed by atoms with van der Waals surface area (Å²) in [4.78, 5) is 0. The van der Waals surface area contributed by atoms with Crippen molar-refractivity contribution in [1.29, 1.82) is 0 Å². The van der Waals surface area contributed by atoms with E-state index in [1.165, 1.54) is 24.0 Å². The average molecular weight is 286 g/mol. The molecule has 0 fully saturated rings. The van der Waals surface area contributed by atoms with E-state index in [1.807, 2.05) is 33.8 Å². The van der Waals surface area contributed by atoms with Crippen LogP contribution in [-0.4, -0.2) is 6.61 Å². The van der Waals surface area contributed by atoms with Gasteiger partial charge in [0.05, 0.1) is 6.61 Å². The molecule has 0 amide bonds. The van der Waals surface area contributed by atoms with Crippen molar-refractivity contribution in [3.63, 3.8) is 0 Å². The van der Waals surface area contributed by atoms with Crippen molar-refractivity contribution in [2.75, 3.05) is 6.61 Å². The summed E-state index contributed by atoms with van der Waals surface area (Å²) in [5, 5.41) is 0. The maximum atomic E-state index is 5.74. The highest BCUT2D eigenvalue weighted by Crippen LogP contribution is 2.47. The second-order valence-electron chi connectivity index (χ2n) is 4.85. The maximum absolute atomic E-state index is 5.74. The normalized spacial score (nSPS) is 17.1. The summed E-state index contributed by atoms with van der Waals surface area (Å²) < 4.78 is 5.74. The number of benzene rings is 1. The van der Waals surface area contributed by atoms with Gasteiger partial charge in [-0.05, 0) is 37.3 Å². The number of rotatable bonds is 4. The van der Waals surface area contributed by atoms with Gasteiger partial charge < -0.3 is 4.74 Å². The highest BCUT2D eigenvalue weighted by Gasteiger charge is 2.30. The zero-order chi connectivity index (χ0) is 15.7. The Morgan fingerprint density at radius 2 is 2.00 bits per heavy atom. The lowest BCUT2D eigenvalue weighted by Crippen LogP contribution is -2.14. The zero-order valence-corrected chi connectivity index (χ0v) is 14.1. The van der Waals surface area contributed by atoms with Gasteiger partial charge in [-0.25, -0.2) is 0 Å². The summed E-state index contributed by atoms with van der Waals surface area (Å²) in [6.45, 7) is 12.7. The first kappa shape index (κ1) is 17.6. The third-order valence-electron chi connectivity index (χ3n) is 3.77. The van der Waals surface area contributed by atoms with Crippen LogP contribution >= 0.6 is 0 Å². The summed E-state index contributed by atoms with van der Waals surface area (Å²) in [5.41, 5.74) is 4.41. The van der Waals surface area contributed by atoms with E-state index < -0.39 is 0 Å². The first-order valence-electron chi connectivity index (χ1n) is 8.47. The van der Waals surface area contributed by atoms with Crippen molar-refractivity contribution in [3.05, 3.63) is 47.6 Å². The zero-order valence-electron chi connectivity index (χ0n) is 14.1. The number of hydrogen-bond donors (Lipinski definition) is 0. The number of allylic oxidation sites excluding steroid dienone is 2. The van der Waals surface area contributed by atoms with Crippen LogP contribution in [0.3, 0.4) is 0 Å². The Kier molecular flexibility index (Phi) is 7.89. The van der Waals surface area contributed by atoms with Gasteiger partial charge in [0.2, 0.25) is 0 Å². The Morgan fingerprint density at radius 3 is 2.71 bits per heavy atom. The fourth-order valence-corrected chi connectivity index (χ4v) is 2.98. The Labute approximate surface area is 130 Å². The van der Waals surface area contributed by atoms with Gasteiger partial charge in [0, 0.05) is 11.5 Å². The molecule has 1 aliphatic carbocycles. The van der Waals surface area contributed by atoms with E-state index in [9.17, 15) is 0 Å². The van der Waals surface area contributed by atoms with Crippen molar-refractivity contribution in [1.82, 2.24) is 0 Å². The summed E-state index contributed by atoms with van der Waals surface area (Å²) >= 11 is 0. The van der Waals surface area contributed by atoms with Crippen LogP contribution in [0.25, 0.3) is 6.08 Å². The Morgan fingerprint density at radius 1 is 1.24 bits per heavy atom. The van der Waals surface area contributed by atoms with Crippen LogP contribution in [-0.2, 0) is 0 Å². The molecule has 0 bridgehead atoms. The molecule has 1 aromatic carbocycles. The molecular formula is C20H30O. The van der Waals surface area contributed by atoms with Gasteiger partial charge in [-0.3, -0.25) is 0 Å². The minimum atomic E-state index is 0.625. The molecule has 1 atom stereocenters. The Hall–Kier alpha value is -1.50. The molecule has 1 nitrogen and oxygen atoms in total. The molecule has 1 heteroatoms. The van der Waals surface area contributed by atoms with E-state index in [4.69, 9.17) is 4.74 Å². The van der Waals surface area contributed by atoms with Crippen molar-refractivity contribution in [3.8, 4) is 5.75 Å². The summed E-state index contributed by atoms with van der Waals surface area (Å²) in [5.74, 6) is 1.73. The van der Waals surface area contributed by atoms with E-state index in [0.717, 1.165) is 25.2 Å². The average Bonchev–Trinajstić information content (AvgIpc) is 2.92. The number of ether oxygens (including phenoxy) is 1. The van der Waals surface area contributed by atoms with Crippen molar-refractivity contribution >= 4 is 6.08 Å². The topological polar surface area (TPSA) is 9.23 Å². The highest BCUT2D eigenvalue weighted by atomic mass is 16.5. The molecule has 0 radical (unpaired) electrons. The monoisotopic (exact) mass is 286 g/mol. The number of unbranched alkanes of at least 4 members (excludes halogenated alkanes) is 1. The molecule has 21 heavy (non-hydrogen) atoms. The molecule has 0 saturated carbocycles. The maximum Gasteiger partial charge on any atom is 0.123 e. The molecular weight excluding hydrogens is 256 g/mol. The predicted octanol–water partition coefficient (Wildman–Crippen LogP) is 6.36. The molecule has 0 spiro atoms. The van der Waals surface area contributed by atoms with E-state index >= 15 is 0 Å². The highest BCUT2D eigenvalue weighted by molar-refractivity contribution is 5.70. The molecule has 3 rings (SSSR count). The molecule has 116 valence electrons. The van der Waals surface area contributed by atoms with Gasteiger partial charge in [0.1, 0.15) is 5.75 Å². The first-order valence-corrected chi connectivity index (χ1v) is 8.47. The summed E-state index contributed by atoms with van der Waals surface area (Å²) in [7, 11) is 0. The first-order chi connectivity index (χ1) is 10.4. The molecule has 0 aromatic heterocycles. The van der Waals surface area contributed by atoms with Crippen molar-refractivity contribution < 1.29 is 4.74 Å². The molecule has 1 unspecified atom stereocenters. The van der Waals surface area contributed by atoms with Crippen LogP contribution in [0.1, 0.15) is 70.4 Å². The molecule has 2 aliphatic rings. The van der Waals surface area contributed by atoms with E-state index in [0.29, 0.717) is 5.92 Å². The summed E-state index contributed by atoms with van der Waals surface area (Å²) in [6.07, 6.45) is 9.06. The van der Waals surface area contributed by atoms with Crippen LogP contribution < -0.4 is 4.74 Å². The minimum Gasteiger partial charge on any atom is -0.493 e. The lowest BCUT2D eigenvalue weighted by Gasteiger charge is -2.25. The largest absolute Gasteiger partial charge is 0.493 e. The van der Waals surface area contributed by atoms with Crippen LogP contribution in [0.4, 0.5) is 0 Å². The van der Waals surface area contributed by atoms with Gasteiger partial charge in [-0.15, -0.1) is 6.58 Å². The van der Waals surface area contributed by atoms with Crippen molar-refractivity contribution in [2.24, 2.45) is 0 Å². The van der Waals surface area contributed by atoms with Gasteiger partial charge >= 0.3 is 0 Å². The second-order valence-corrected chi connectivity index (χ2v) is 4.85. The molecule has 1 aliphatic heterocycles. The lowest BCUT2D eigenvalue weighted by molar-refractivity contribution is 0.276. The van der Waals surface area contributed by atoms with Crippen LogP contribution in [0, 0.1) is 0 Å². The summed E-state index contributed by atoms with van der Waals surface area (Å²) in [6, 6.07) is 6.41. The fraction of sp³-hybridized carbons (Fsp3) is 0.500. The number of hydrogen-bond acceptors (Lipinski definition) is 1. The third-order valence-corrected chi connectivity index (χ3v) is 3.77. The fourth-order valence-electron chi connectivity index (χ4n) is 2.98. The van der Waals surface area contributed by atoms with E-state index in [1.54, 1.807) is 5.57 Å². The van der Waals surface area contributed by atoms with Crippen molar-refractivity contribution in [2.45, 2.75) is 59.3 Å². The molecule has 1 heterocycles. The van der Waals surface area contributed by atoms with Gasteiger partial charge in [-0.1, -0.05) is 57.6 Å². The van der Waals surface area contributed by atoms with Gasteiger partial charge in [-0.2, -0.15) is 0 Å². The molecule has 0 saturated heterocycles. The van der Waals surface area contributed by atoms with Gasteiger partial charge in [0.15, 0.2) is 0 Å². The Bertz CT molecular complexity index is 471. The third kappa shape index (κ3) is 4.00. The van der Waals surface area contributed by atoms with Gasteiger partial charge in [0.25, 0.3) is 0 Å². The standard InChI is InChI=1S/C16H18O.2C2H6/c1-2-3-4-6-12-11-13-7-5-8-15-16(13)14(12)9-10-17-15;2*1-2/h2,5,7-8,11,14H,1,3-4,6,9-10H2;2*1-2H3. The second kappa shape index (κ2) is 9.44. The molecule has 1 aromatic rings. The van der Waals surface area contributed by atoms with Crippen LogP contribution in [0.5, 0.6) is 5.75 Å². The molecule has 0 N–H and O–H groups in total. The Balaban J connectivity index is 0.000000510. The quantitative estimate of drug-likeness (QED) is 0.462. The SMILES string of the molecule is C=CCCCC1=Cc2cccc3c2C1CCO3.CC.CC. The predicted molar refractivity (Wildman–Crippen MR) is 94.0 cm³/mol.